The zero-order chi connectivity index (χ0) is 20.1. The van der Waals surface area contributed by atoms with Crippen molar-refractivity contribution in [3.05, 3.63) is 11.6 Å². The molecule has 0 aromatic carbocycles. The van der Waals surface area contributed by atoms with Crippen LogP contribution in [0.3, 0.4) is 0 Å². The van der Waals surface area contributed by atoms with E-state index in [0.29, 0.717) is 35.9 Å². The van der Waals surface area contributed by atoms with Crippen molar-refractivity contribution in [3.8, 4) is 0 Å². The summed E-state index contributed by atoms with van der Waals surface area (Å²) in [6, 6.07) is 0. The van der Waals surface area contributed by atoms with Crippen molar-refractivity contribution in [3.63, 3.8) is 0 Å². The molecular formula is C25H38O3. The predicted molar refractivity (Wildman–Crippen MR) is 111 cm³/mol. The minimum atomic E-state index is -0.235. The molecule has 7 atom stereocenters. The Labute approximate surface area is 170 Å². The Morgan fingerprint density at radius 3 is 2.71 bits per heavy atom. The van der Waals surface area contributed by atoms with Crippen LogP contribution in [0.1, 0.15) is 85.0 Å². The second kappa shape index (κ2) is 7.29. The van der Waals surface area contributed by atoms with E-state index in [9.17, 15) is 9.59 Å². The summed E-state index contributed by atoms with van der Waals surface area (Å²) in [5.41, 5.74) is 1.56. The molecule has 3 nitrogen and oxygen atoms in total. The van der Waals surface area contributed by atoms with Gasteiger partial charge in [-0.2, -0.15) is 0 Å². The third-order valence-electron chi connectivity index (χ3n) is 9.64. The van der Waals surface area contributed by atoms with Crippen LogP contribution in [0.15, 0.2) is 11.6 Å². The Hall–Kier alpha value is -1.12. The molecule has 3 fully saturated rings. The monoisotopic (exact) mass is 386 g/mol. The summed E-state index contributed by atoms with van der Waals surface area (Å²) in [5, 5.41) is 0. The van der Waals surface area contributed by atoms with E-state index < -0.39 is 0 Å². The second-order valence-electron chi connectivity index (χ2n) is 10.7. The van der Waals surface area contributed by atoms with Crippen molar-refractivity contribution >= 4 is 11.8 Å². The van der Waals surface area contributed by atoms with Crippen LogP contribution in [0.5, 0.6) is 0 Å². The van der Waals surface area contributed by atoms with Crippen molar-refractivity contribution in [1.29, 1.82) is 0 Å². The third-order valence-corrected chi connectivity index (χ3v) is 9.64. The number of methoxy groups -OCH3 is 1. The highest BCUT2D eigenvalue weighted by Gasteiger charge is 2.60. The Morgan fingerprint density at radius 2 is 1.96 bits per heavy atom. The van der Waals surface area contributed by atoms with Gasteiger partial charge in [-0.25, -0.2) is 0 Å². The van der Waals surface area contributed by atoms with Crippen LogP contribution in [0.2, 0.25) is 0 Å². The first-order valence-electron chi connectivity index (χ1n) is 11.7. The van der Waals surface area contributed by atoms with Gasteiger partial charge in [0.2, 0.25) is 0 Å². The fourth-order valence-electron chi connectivity index (χ4n) is 7.94. The van der Waals surface area contributed by atoms with E-state index in [4.69, 9.17) is 4.74 Å². The van der Waals surface area contributed by atoms with Gasteiger partial charge in [-0.05, 0) is 86.0 Å². The van der Waals surface area contributed by atoms with Crippen LogP contribution in [0.25, 0.3) is 0 Å². The summed E-state index contributed by atoms with van der Waals surface area (Å²) in [7, 11) is 1.46. The lowest BCUT2D eigenvalue weighted by molar-refractivity contribution is -0.141. The normalized spacial score (nSPS) is 43.4. The first kappa shape index (κ1) is 20.2. The summed E-state index contributed by atoms with van der Waals surface area (Å²) >= 11 is 0. The number of hydrogen-bond donors (Lipinski definition) is 0. The molecule has 0 heterocycles. The number of ether oxygens (including phenoxy) is 1. The van der Waals surface area contributed by atoms with E-state index in [1.165, 1.54) is 57.6 Å². The molecule has 0 amide bonds. The Kier molecular flexibility index (Phi) is 5.25. The SMILES string of the molecule is COC(=O)CC[C@@H](C)[C@H]1CC[C@H]2[C@@H]3CCC4CCCC[C@]4(C)C3=CC(=O)[C@]12C. The van der Waals surface area contributed by atoms with E-state index in [-0.39, 0.29) is 16.8 Å². The van der Waals surface area contributed by atoms with E-state index >= 15 is 0 Å². The average molecular weight is 387 g/mol. The van der Waals surface area contributed by atoms with E-state index in [1.807, 2.05) is 0 Å². The van der Waals surface area contributed by atoms with Crippen molar-refractivity contribution in [2.75, 3.05) is 7.11 Å². The molecule has 156 valence electrons. The molecule has 0 bridgehead atoms. The highest BCUT2D eigenvalue weighted by atomic mass is 16.5. The van der Waals surface area contributed by atoms with Gasteiger partial charge in [0.25, 0.3) is 0 Å². The van der Waals surface area contributed by atoms with Gasteiger partial charge in [-0.3, -0.25) is 9.59 Å². The maximum atomic E-state index is 13.6. The maximum absolute atomic E-state index is 13.6. The number of carbonyl (C=O) groups is 2. The largest absolute Gasteiger partial charge is 0.469 e. The molecule has 4 aliphatic carbocycles. The summed E-state index contributed by atoms with van der Waals surface area (Å²) < 4.78 is 4.83. The molecule has 0 radical (unpaired) electrons. The molecule has 28 heavy (non-hydrogen) atoms. The number of fused-ring (bicyclic) bond motifs is 5. The Balaban J connectivity index is 1.60. The van der Waals surface area contributed by atoms with Gasteiger partial charge in [0.1, 0.15) is 0 Å². The quantitative estimate of drug-likeness (QED) is 0.580. The second-order valence-corrected chi connectivity index (χ2v) is 10.7. The molecule has 0 saturated heterocycles. The summed E-state index contributed by atoms with van der Waals surface area (Å²) in [4.78, 5) is 25.2. The molecule has 0 aromatic rings. The van der Waals surface area contributed by atoms with Gasteiger partial charge >= 0.3 is 5.97 Å². The molecule has 0 N–H and O–H groups in total. The zero-order valence-electron chi connectivity index (χ0n) is 18.3. The number of ketones is 1. The van der Waals surface area contributed by atoms with Gasteiger partial charge in [-0.1, -0.05) is 39.2 Å². The highest BCUT2D eigenvalue weighted by molar-refractivity contribution is 5.97. The molecule has 4 aliphatic rings. The van der Waals surface area contributed by atoms with Gasteiger partial charge in [0, 0.05) is 11.8 Å². The number of rotatable bonds is 4. The molecule has 1 unspecified atom stereocenters. The van der Waals surface area contributed by atoms with Crippen LogP contribution in [-0.2, 0) is 14.3 Å². The highest BCUT2D eigenvalue weighted by Crippen LogP contribution is 2.65. The molecular weight excluding hydrogens is 348 g/mol. The number of hydrogen-bond acceptors (Lipinski definition) is 3. The summed E-state index contributed by atoms with van der Waals surface area (Å²) in [5.74, 6) is 2.94. The first-order chi connectivity index (χ1) is 13.3. The lowest BCUT2D eigenvalue weighted by Crippen LogP contribution is -2.51. The maximum Gasteiger partial charge on any atom is 0.305 e. The van der Waals surface area contributed by atoms with Gasteiger partial charge in [0.05, 0.1) is 7.11 Å². The van der Waals surface area contributed by atoms with Gasteiger partial charge in [0.15, 0.2) is 5.78 Å². The van der Waals surface area contributed by atoms with Crippen molar-refractivity contribution in [2.45, 2.75) is 85.0 Å². The molecule has 4 rings (SSSR count). The van der Waals surface area contributed by atoms with Crippen LogP contribution in [0, 0.1) is 40.4 Å². The van der Waals surface area contributed by atoms with Crippen LogP contribution in [0.4, 0.5) is 0 Å². The van der Waals surface area contributed by atoms with Crippen molar-refractivity contribution in [2.24, 2.45) is 40.4 Å². The molecule has 3 heteroatoms. The first-order valence-corrected chi connectivity index (χ1v) is 11.7. The minimum absolute atomic E-state index is 0.132. The lowest BCUT2D eigenvalue weighted by Gasteiger charge is -2.55. The molecule has 0 aliphatic heterocycles. The zero-order valence-corrected chi connectivity index (χ0v) is 18.3. The van der Waals surface area contributed by atoms with E-state index in [0.717, 1.165) is 18.8 Å². The Morgan fingerprint density at radius 1 is 1.18 bits per heavy atom. The number of carbonyl (C=O) groups excluding carboxylic acids is 2. The van der Waals surface area contributed by atoms with E-state index in [2.05, 4.69) is 26.8 Å². The number of allylic oxidation sites excluding steroid dienone is 2. The molecule has 3 saturated carbocycles. The van der Waals surface area contributed by atoms with Gasteiger partial charge in [-0.15, -0.1) is 0 Å². The lowest BCUT2D eigenvalue weighted by atomic mass is 9.48. The van der Waals surface area contributed by atoms with Crippen LogP contribution in [-0.4, -0.2) is 18.9 Å². The minimum Gasteiger partial charge on any atom is -0.469 e. The predicted octanol–water partition coefficient (Wildman–Crippen LogP) is 5.72. The molecule has 0 spiro atoms. The average Bonchev–Trinajstić information content (AvgIpc) is 3.05. The fourth-order valence-corrected chi connectivity index (χ4v) is 7.94. The van der Waals surface area contributed by atoms with Crippen LogP contribution < -0.4 is 0 Å². The van der Waals surface area contributed by atoms with Crippen molar-refractivity contribution in [1.82, 2.24) is 0 Å². The smallest absolute Gasteiger partial charge is 0.305 e. The van der Waals surface area contributed by atoms with Crippen molar-refractivity contribution < 1.29 is 14.3 Å². The summed E-state index contributed by atoms with van der Waals surface area (Å²) in [6.07, 6.45) is 13.7. The van der Waals surface area contributed by atoms with Gasteiger partial charge < -0.3 is 4.74 Å². The standard InChI is InChI=1S/C25H38O3/c1-16(8-13-23(27)28-4)19-11-12-20-18-10-9-17-7-5-6-14-24(17,2)21(18)15-22(26)25(19,20)3/h15-20H,5-14H2,1-4H3/t16-,17?,18+,19-,20+,24+,25-/m1/s1. The van der Waals surface area contributed by atoms with Crippen LogP contribution >= 0.6 is 0 Å². The summed E-state index contributed by atoms with van der Waals surface area (Å²) in [6.45, 7) is 6.97. The molecule has 0 aromatic heterocycles. The third kappa shape index (κ3) is 2.91. The fraction of sp³-hybridized carbons (Fsp3) is 0.840. The number of esters is 1. The van der Waals surface area contributed by atoms with E-state index in [1.54, 1.807) is 0 Å². The Bertz CT molecular complexity index is 679. The topological polar surface area (TPSA) is 43.4 Å².